The Morgan fingerprint density at radius 3 is 2.50 bits per heavy atom. The Kier molecular flexibility index (Phi) is 3.06. The lowest BCUT2D eigenvalue weighted by atomic mass is 10.1. The van der Waals surface area contributed by atoms with Crippen LogP contribution < -0.4 is 0 Å². The average Bonchev–Trinajstić information content (AvgIpc) is 2.70. The standard InChI is InChI=1S/C13H12O2S/c1-9-2-4-10(5-3-9)6-11-7-12(13(14)15)16-8-11/h2-5,7-8H,6H2,1H3,(H,14,15). The maximum absolute atomic E-state index is 10.7. The number of thiophene rings is 1. The Labute approximate surface area is 98.2 Å². The van der Waals surface area contributed by atoms with E-state index in [0.29, 0.717) is 4.88 Å². The van der Waals surface area contributed by atoms with Crippen molar-refractivity contribution in [1.29, 1.82) is 0 Å². The molecule has 0 aliphatic carbocycles. The highest BCUT2D eigenvalue weighted by atomic mass is 32.1. The molecule has 0 fully saturated rings. The molecule has 2 nitrogen and oxygen atoms in total. The van der Waals surface area contributed by atoms with Gasteiger partial charge in [0, 0.05) is 0 Å². The Bertz CT molecular complexity index is 497. The van der Waals surface area contributed by atoms with E-state index in [9.17, 15) is 4.79 Å². The van der Waals surface area contributed by atoms with Gasteiger partial charge in [0.05, 0.1) is 0 Å². The summed E-state index contributed by atoms with van der Waals surface area (Å²) in [6, 6.07) is 10.0. The minimum Gasteiger partial charge on any atom is -0.477 e. The fraction of sp³-hybridized carbons (Fsp3) is 0.154. The van der Waals surface area contributed by atoms with Crippen LogP contribution >= 0.6 is 11.3 Å². The smallest absolute Gasteiger partial charge is 0.345 e. The second-order valence-electron chi connectivity index (χ2n) is 3.79. The van der Waals surface area contributed by atoms with Crippen LogP contribution in [0.15, 0.2) is 35.7 Å². The molecule has 0 saturated heterocycles. The number of hydrogen-bond acceptors (Lipinski definition) is 2. The molecule has 0 amide bonds. The van der Waals surface area contributed by atoms with Crippen molar-refractivity contribution in [2.45, 2.75) is 13.3 Å². The first kappa shape index (κ1) is 10.9. The van der Waals surface area contributed by atoms with Crippen molar-refractivity contribution >= 4 is 17.3 Å². The van der Waals surface area contributed by atoms with E-state index in [1.165, 1.54) is 22.5 Å². The summed E-state index contributed by atoms with van der Waals surface area (Å²) in [5.41, 5.74) is 3.51. The number of hydrogen-bond donors (Lipinski definition) is 1. The van der Waals surface area contributed by atoms with E-state index in [1.807, 2.05) is 5.38 Å². The fourth-order valence-electron chi connectivity index (χ4n) is 1.52. The van der Waals surface area contributed by atoms with Gasteiger partial charge in [-0.1, -0.05) is 29.8 Å². The van der Waals surface area contributed by atoms with Crippen molar-refractivity contribution in [2.24, 2.45) is 0 Å². The molecule has 3 heteroatoms. The molecule has 16 heavy (non-hydrogen) atoms. The van der Waals surface area contributed by atoms with Crippen LogP contribution in [0, 0.1) is 6.92 Å². The largest absolute Gasteiger partial charge is 0.477 e. The van der Waals surface area contributed by atoms with Crippen molar-refractivity contribution < 1.29 is 9.90 Å². The second kappa shape index (κ2) is 4.49. The molecule has 1 heterocycles. The van der Waals surface area contributed by atoms with Crippen molar-refractivity contribution in [3.8, 4) is 0 Å². The van der Waals surface area contributed by atoms with Gasteiger partial charge in [-0.05, 0) is 35.9 Å². The molecule has 2 aromatic rings. The summed E-state index contributed by atoms with van der Waals surface area (Å²) in [6.45, 7) is 2.05. The first-order chi connectivity index (χ1) is 7.65. The third kappa shape index (κ3) is 2.49. The maximum atomic E-state index is 10.7. The molecule has 0 saturated carbocycles. The number of carboxylic acid groups (broad SMARTS) is 1. The number of aryl methyl sites for hydroxylation is 1. The summed E-state index contributed by atoms with van der Waals surface area (Å²) in [5, 5.41) is 10.7. The van der Waals surface area contributed by atoms with Gasteiger partial charge in [-0.15, -0.1) is 11.3 Å². The zero-order chi connectivity index (χ0) is 11.5. The molecule has 0 unspecified atom stereocenters. The number of carboxylic acids is 1. The first-order valence-corrected chi connectivity index (χ1v) is 5.89. The summed E-state index contributed by atoms with van der Waals surface area (Å²) in [4.78, 5) is 11.1. The number of benzene rings is 1. The molecule has 1 aromatic heterocycles. The van der Waals surface area contributed by atoms with Gasteiger partial charge in [-0.3, -0.25) is 0 Å². The first-order valence-electron chi connectivity index (χ1n) is 5.01. The molecule has 0 aliphatic rings. The molecule has 0 spiro atoms. The van der Waals surface area contributed by atoms with Crippen LogP contribution in [-0.2, 0) is 6.42 Å². The zero-order valence-corrected chi connectivity index (χ0v) is 9.75. The van der Waals surface area contributed by atoms with E-state index in [4.69, 9.17) is 5.11 Å². The predicted molar refractivity (Wildman–Crippen MR) is 65.3 cm³/mol. The monoisotopic (exact) mass is 232 g/mol. The lowest BCUT2D eigenvalue weighted by Crippen LogP contribution is -1.91. The third-order valence-corrected chi connectivity index (χ3v) is 3.36. The second-order valence-corrected chi connectivity index (χ2v) is 4.70. The van der Waals surface area contributed by atoms with Gasteiger partial charge in [0.1, 0.15) is 4.88 Å². The van der Waals surface area contributed by atoms with E-state index in [1.54, 1.807) is 6.07 Å². The highest BCUT2D eigenvalue weighted by molar-refractivity contribution is 7.12. The van der Waals surface area contributed by atoms with Crippen LogP contribution in [0.1, 0.15) is 26.4 Å². The molecule has 2 rings (SSSR count). The van der Waals surface area contributed by atoms with Crippen LogP contribution in [-0.4, -0.2) is 11.1 Å². The van der Waals surface area contributed by atoms with E-state index in [2.05, 4.69) is 31.2 Å². The Hall–Kier alpha value is -1.61. The minimum atomic E-state index is -0.847. The summed E-state index contributed by atoms with van der Waals surface area (Å²) in [6.07, 6.45) is 0.796. The number of aromatic carboxylic acids is 1. The van der Waals surface area contributed by atoms with E-state index < -0.39 is 5.97 Å². The van der Waals surface area contributed by atoms with Crippen LogP contribution in [0.2, 0.25) is 0 Å². The van der Waals surface area contributed by atoms with Gasteiger partial charge >= 0.3 is 5.97 Å². The van der Waals surface area contributed by atoms with Gasteiger partial charge in [0.25, 0.3) is 0 Å². The van der Waals surface area contributed by atoms with E-state index in [-0.39, 0.29) is 0 Å². The Balaban J connectivity index is 2.14. The molecule has 82 valence electrons. The van der Waals surface area contributed by atoms with Crippen LogP contribution in [0.3, 0.4) is 0 Å². The van der Waals surface area contributed by atoms with Gasteiger partial charge in [0.15, 0.2) is 0 Å². The van der Waals surface area contributed by atoms with Gasteiger partial charge in [-0.2, -0.15) is 0 Å². The molecular weight excluding hydrogens is 220 g/mol. The normalized spacial score (nSPS) is 10.3. The molecule has 0 radical (unpaired) electrons. The molecule has 1 N–H and O–H groups in total. The average molecular weight is 232 g/mol. The Morgan fingerprint density at radius 2 is 1.94 bits per heavy atom. The van der Waals surface area contributed by atoms with Crippen LogP contribution in [0.4, 0.5) is 0 Å². The molecule has 0 aliphatic heterocycles. The highest BCUT2D eigenvalue weighted by Crippen LogP contribution is 2.18. The molecular formula is C13H12O2S. The lowest BCUT2D eigenvalue weighted by Gasteiger charge is -1.99. The number of carbonyl (C=O) groups is 1. The summed E-state index contributed by atoms with van der Waals surface area (Å²) in [7, 11) is 0. The topological polar surface area (TPSA) is 37.3 Å². The van der Waals surface area contributed by atoms with E-state index in [0.717, 1.165) is 12.0 Å². The van der Waals surface area contributed by atoms with Crippen molar-refractivity contribution in [1.82, 2.24) is 0 Å². The third-order valence-electron chi connectivity index (χ3n) is 2.39. The maximum Gasteiger partial charge on any atom is 0.345 e. The van der Waals surface area contributed by atoms with Crippen LogP contribution in [0.25, 0.3) is 0 Å². The quantitative estimate of drug-likeness (QED) is 0.881. The highest BCUT2D eigenvalue weighted by Gasteiger charge is 2.06. The molecule has 0 bridgehead atoms. The predicted octanol–water partition coefficient (Wildman–Crippen LogP) is 3.35. The Morgan fingerprint density at radius 1 is 1.25 bits per heavy atom. The molecule has 1 aromatic carbocycles. The number of rotatable bonds is 3. The van der Waals surface area contributed by atoms with Gasteiger partial charge in [0.2, 0.25) is 0 Å². The van der Waals surface area contributed by atoms with Gasteiger partial charge in [-0.25, -0.2) is 4.79 Å². The summed E-state index contributed by atoms with van der Waals surface area (Å²) < 4.78 is 0. The fourth-order valence-corrected chi connectivity index (χ4v) is 2.27. The van der Waals surface area contributed by atoms with Crippen molar-refractivity contribution in [2.75, 3.05) is 0 Å². The van der Waals surface area contributed by atoms with Crippen LogP contribution in [0.5, 0.6) is 0 Å². The molecule has 0 atom stereocenters. The minimum absolute atomic E-state index is 0.405. The van der Waals surface area contributed by atoms with Gasteiger partial charge < -0.3 is 5.11 Å². The summed E-state index contributed by atoms with van der Waals surface area (Å²) >= 11 is 1.28. The zero-order valence-electron chi connectivity index (χ0n) is 8.93. The lowest BCUT2D eigenvalue weighted by molar-refractivity contribution is 0.0702. The van der Waals surface area contributed by atoms with E-state index >= 15 is 0 Å². The van der Waals surface area contributed by atoms with Crippen molar-refractivity contribution in [3.63, 3.8) is 0 Å². The SMILES string of the molecule is Cc1ccc(Cc2csc(C(=O)O)c2)cc1. The summed E-state index contributed by atoms with van der Waals surface area (Å²) in [5.74, 6) is -0.847. The van der Waals surface area contributed by atoms with Crippen molar-refractivity contribution in [3.05, 3.63) is 57.3 Å².